The normalized spacial score (nSPS) is 22.3. The van der Waals surface area contributed by atoms with Gasteiger partial charge in [0.05, 0.1) is 0 Å². The van der Waals surface area contributed by atoms with Crippen molar-refractivity contribution in [3.05, 3.63) is 0 Å². The van der Waals surface area contributed by atoms with Crippen molar-refractivity contribution in [2.45, 2.75) is 12.8 Å². The Morgan fingerprint density at radius 3 is 2.67 bits per heavy atom. The van der Waals surface area contributed by atoms with Gasteiger partial charge in [0.25, 0.3) is 0 Å². The van der Waals surface area contributed by atoms with Crippen LogP contribution in [0.1, 0.15) is 12.8 Å². The molecule has 0 atom stereocenters. The summed E-state index contributed by atoms with van der Waals surface area (Å²) in [5.41, 5.74) is 0. The first kappa shape index (κ1) is 4.51. The number of nitrogens with one attached hydrogen (secondary N) is 1. The fourth-order valence-corrected chi connectivity index (χ4v) is 1.14. The molecule has 1 saturated heterocycles. The number of hydrogen-bond acceptors (Lipinski definition) is 1. The molecule has 0 spiro atoms. The van der Waals surface area contributed by atoms with Crippen molar-refractivity contribution in [2.75, 3.05) is 6.54 Å². The minimum atomic E-state index is 1.18. The molecule has 1 radical (unpaired) electrons. The van der Waals surface area contributed by atoms with Gasteiger partial charge in [-0.3, -0.25) is 0 Å². The van der Waals surface area contributed by atoms with Crippen molar-refractivity contribution in [1.82, 2.24) is 5.32 Å². The summed E-state index contributed by atoms with van der Waals surface area (Å²) in [6.07, 6.45) is 2.59. The van der Waals surface area contributed by atoms with Gasteiger partial charge in [-0.2, -0.15) is 0 Å². The van der Waals surface area contributed by atoms with E-state index in [2.05, 4.69) is 20.9 Å². The quantitative estimate of drug-likeness (QED) is 0.453. The first-order valence-corrected chi connectivity index (χ1v) is 3.12. The van der Waals surface area contributed by atoms with Crippen molar-refractivity contribution >= 4 is 20.1 Å². The molecule has 35 valence electrons. The van der Waals surface area contributed by atoms with Crippen LogP contribution in [-0.4, -0.2) is 26.7 Å². The SMILES string of the molecule is [SeH]=C1CCCN1. The van der Waals surface area contributed by atoms with Gasteiger partial charge in [0.2, 0.25) is 0 Å². The van der Waals surface area contributed by atoms with Crippen LogP contribution in [0.2, 0.25) is 0 Å². The van der Waals surface area contributed by atoms with Gasteiger partial charge in [-0.15, -0.1) is 0 Å². The molecule has 0 bridgehead atoms. The van der Waals surface area contributed by atoms with Gasteiger partial charge in [-0.25, -0.2) is 0 Å². The molecular weight excluding hydrogens is 141 g/mol. The molecule has 0 aromatic heterocycles. The van der Waals surface area contributed by atoms with E-state index >= 15 is 0 Å². The van der Waals surface area contributed by atoms with Crippen LogP contribution in [0.15, 0.2) is 0 Å². The molecule has 6 heavy (non-hydrogen) atoms. The molecular formula is C4H8NSe. The minimum absolute atomic E-state index is 1.18. The van der Waals surface area contributed by atoms with Crippen LogP contribution in [0, 0.1) is 0 Å². The molecule has 0 aromatic rings. The first-order valence-electron chi connectivity index (χ1n) is 2.18. The second-order valence-electron chi connectivity index (χ2n) is 1.48. The third-order valence-electron chi connectivity index (χ3n) is 0.919. The Balaban J connectivity index is 2.37. The fourth-order valence-electron chi connectivity index (χ4n) is 0.577. The molecule has 0 saturated carbocycles. The van der Waals surface area contributed by atoms with E-state index in [9.17, 15) is 0 Å². The van der Waals surface area contributed by atoms with E-state index in [0.29, 0.717) is 0 Å². The van der Waals surface area contributed by atoms with Crippen molar-refractivity contribution < 1.29 is 0 Å². The second kappa shape index (κ2) is 1.87. The molecule has 0 amide bonds. The average molecular weight is 149 g/mol. The Morgan fingerprint density at radius 2 is 2.50 bits per heavy atom. The van der Waals surface area contributed by atoms with E-state index in [4.69, 9.17) is 0 Å². The summed E-state index contributed by atoms with van der Waals surface area (Å²) in [6, 6.07) is 0. The van der Waals surface area contributed by atoms with Crippen LogP contribution >= 0.6 is 0 Å². The van der Waals surface area contributed by atoms with E-state index in [0.717, 1.165) is 0 Å². The van der Waals surface area contributed by atoms with Gasteiger partial charge in [-0.1, -0.05) is 0 Å². The van der Waals surface area contributed by atoms with Crippen molar-refractivity contribution in [1.29, 1.82) is 0 Å². The van der Waals surface area contributed by atoms with Gasteiger partial charge in [0.1, 0.15) is 0 Å². The summed E-state index contributed by atoms with van der Waals surface area (Å²) in [6.45, 7) is 1.18. The van der Waals surface area contributed by atoms with Crippen LogP contribution in [-0.2, 0) is 0 Å². The predicted octanol–water partition coefficient (Wildman–Crippen LogP) is -0.600. The number of hydrogen-bond donors (Lipinski definition) is 1. The molecule has 2 heteroatoms. The molecule has 1 aliphatic heterocycles. The zero-order valence-corrected chi connectivity index (χ0v) is 5.45. The molecule has 1 heterocycles. The summed E-state index contributed by atoms with van der Waals surface area (Å²) in [5.74, 6) is 0. The topological polar surface area (TPSA) is 12.0 Å². The van der Waals surface area contributed by atoms with Crippen LogP contribution in [0.5, 0.6) is 0 Å². The Bertz CT molecular complexity index is 61.9. The van der Waals surface area contributed by atoms with Crippen molar-refractivity contribution in [2.24, 2.45) is 0 Å². The first-order chi connectivity index (χ1) is 2.89. The van der Waals surface area contributed by atoms with Crippen molar-refractivity contribution in [3.8, 4) is 0 Å². The van der Waals surface area contributed by atoms with E-state index in [1.807, 2.05) is 0 Å². The molecule has 1 nitrogen and oxygen atoms in total. The van der Waals surface area contributed by atoms with Crippen LogP contribution < -0.4 is 5.32 Å². The van der Waals surface area contributed by atoms with E-state index in [1.165, 1.54) is 23.9 Å². The standard InChI is InChI=1S/C4H8NSe/c6-4-2-1-3-5-4/h5-6H,1-3H2. The third kappa shape index (κ3) is 0.903. The van der Waals surface area contributed by atoms with Crippen LogP contribution in [0.4, 0.5) is 0 Å². The van der Waals surface area contributed by atoms with Gasteiger partial charge in [0, 0.05) is 0 Å². The van der Waals surface area contributed by atoms with Crippen LogP contribution in [0.3, 0.4) is 0 Å². The predicted molar refractivity (Wildman–Crippen MR) is 29.4 cm³/mol. The molecule has 0 unspecified atom stereocenters. The fraction of sp³-hybridized carbons (Fsp3) is 0.750. The van der Waals surface area contributed by atoms with Crippen molar-refractivity contribution in [3.63, 3.8) is 0 Å². The summed E-state index contributed by atoms with van der Waals surface area (Å²) < 4.78 is 1.39. The summed E-state index contributed by atoms with van der Waals surface area (Å²) >= 11 is 2.55. The monoisotopic (exact) mass is 150 g/mol. The molecule has 0 aliphatic carbocycles. The van der Waals surface area contributed by atoms with E-state index in [-0.39, 0.29) is 0 Å². The summed E-state index contributed by atoms with van der Waals surface area (Å²) in [5, 5.41) is 3.21. The van der Waals surface area contributed by atoms with Gasteiger partial charge in [0.15, 0.2) is 0 Å². The van der Waals surface area contributed by atoms with E-state index in [1.54, 1.807) is 0 Å². The zero-order valence-electron chi connectivity index (χ0n) is 3.57. The zero-order chi connectivity index (χ0) is 4.41. The Morgan fingerprint density at radius 1 is 1.67 bits per heavy atom. The molecule has 1 fully saturated rings. The van der Waals surface area contributed by atoms with Gasteiger partial charge >= 0.3 is 44.8 Å². The average Bonchev–Trinajstić information content (AvgIpc) is 1.86. The molecule has 0 aromatic carbocycles. The second-order valence-corrected chi connectivity index (χ2v) is 2.61. The maximum absolute atomic E-state index is 3.21. The Kier molecular flexibility index (Phi) is 1.41. The molecule has 1 rings (SSSR count). The molecule has 1 aliphatic rings. The summed E-state index contributed by atoms with van der Waals surface area (Å²) in [4.78, 5) is 0. The number of rotatable bonds is 0. The Labute approximate surface area is 45.5 Å². The molecule has 1 N–H and O–H groups in total. The van der Waals surface area contributed by atoms with Crippen LogP contribution in [0.25, 0.3) is 0 Å². The Hall–Kier alpha value is 0.349. The maximum atomic E-state index is 3.21. The van der Waals surface area contributed by atoms with Gasteiger partial charge < -0.3 is 0 Å². The summed E-state index contributed by atoms with van der Waals surface area (Å²) in [7, 11) is 0. The van der Waals surface area contributed by atoms with Gasteiger partial charge in [-0.05, 0) is 0 Å². The third-order valence-corrected chi connectivity index (χ3v) is 1.72. The van der Waals surface area contributed by atoms with E-state index < -0.39 is 0 Å².